The maximum absolute atomic E-state index is 13.7. The smallest absolute Gasteiger partial charge is 0.260 e. The van der Waals surface area contributed by atoms with Crippen molar-refractivity contribution >= 4 is 11.8 Å². The first-order valence-electron chi connectivity index (χ1n) is 4.80. The van der Waals surface area contributed by atoms with Crippen molar-refractivity contribution < 1.29 is 8.81 Å². The second kappa shape index (κ2) is 4.67. The molecule has 0 radical (unpaired) electrons. The minimum absolute atomic E-state index is 0.229. The SMILES string of the molecule is C[C@H](N)c1cccc(F)c1Sc1ncco1. The van der Waals surface area contributed by atoms with E-state index in [1.165, 1.54) is 18.5 Å². The van der Waals surface area contributed by atoms with E-state index in [1.54, 1.807) is 12.1 Å². The van der Waals surface area contributed by atoms with Crippen molar-refractivity contribution in [3.8, 4) is 0 Å². The summed E-state index contributed by atoms with van der Waals surface area (Å²) < 4.78 is 18.7. The quantitative estimate of drug-likeness (QED) is 0.893. The molecule has 0 unspecified atom stereocenters. The summed E-state index contributed by atoms with van der Waals surface area (Å²) in [7, 11) is 0. The second-order valence-corrected chi connectivity index (χ2v) is 4.31. The fourth-order valence-electron chi connectivity index (χ4n) is 1.34. The number of oxazole rings is 1. The zero-order valence-corrected chi connectivity index (χ0v) is 9.50. The fourth-order valence-corrected chi connectivity index (χ4v) is 2.27. The summed E-state index contributed by atoms with van der Waals surface area (Å²) in [4.78, 5) is 4.41. The van der Waals surface area contributed by atoms with Crippen LogP contribution in [0.3, 0.4) is 0 Å². The van der Waals surface area contributed by atoms with Gasteiger partial charge in [-0.1, -0.05) is 12.1 Å². The molecule has 0 fully saturated rings. The van der Waals surface area contributed by atoms with Crippen LogP contribution >= 0.6 is 11.8 Å². The molecule has 84 valence electrons. The van der Waals surface area contributed by atoms with Gasteiger partial charge in [-0.3, -0.25) is 0 Å². The topological polar surface area (TPSA) is 52.0 Å². The van der Waals surface area contributed by atoms with E-state index < -0.39 is 0 Å². The van der Waals surface area contributed by atoms with Crippen molar-refractivity contribution in [3.63, 3.8) is 0 Å². The molecule has 1 aromatic heterocycles. The predicted octanol–water partition coefficient (Wildman–Crippen LogP) is 2.98. The monoisotopic (exact) mass is 238 g/mol. The number of nitrogens with zero attached hydrogens (tertiary/aromatic N) is 1. The van der Waals surface area contributed by atoms with Crippen LogP contribution in [0.4, 0.5) is 4.39 Å². The minimum Gasteiger partial charge on any atom is -0.440 e. The molecule has 0 aliphatic rings. The van der Waals surface area contributed by atoms with Gasteiger partial charge in [0.2, 0.25) is 0 Å². The van der Waals surface area contributed by atoms with Crippen molar-refractivity contribution in [2.24, 2.45) is 5.73 Å². The largest absolute Gasteiger partial charge is 0.440 e. The lowest BCUT2D eigenvalue weighted by atomic mass is 10.1. The van der Waals surface area contributed by atoms with Gasteiger partial charge in [-0.25, -0.2) is 9.37 Å². The van der Waals surface area contributed by atoms with E-state index in [1.807, 2.05) is 6.92 Å². The lowest BCUT2D eigenvalue weighted by Gasteiger charge is -2.11. The van der Waals surface area contributed by atoms with Crippen LogP contribution in [0.5, 0.6) is 0 Å². The summed E-state index contributed by atoms with van der Waals surface area (Å²) in [5.74, 6) is -0.307. The van der Waals surface area contributed by atoms with Gasteiger partial charge in [0.05, 0.1) is 11.1 Å². The van der Waals surface area contributed by atoms with Crippen LogP contribution in [0.2, 0.25) is 0 Å². The van der Waals surface area contributed by atoms with E-state index >= 15 is 0 Å². The molecule has 0 aliphatic heterocycles. The first-order valence-corrected chi connectivity index (χ1v) is 5.61. The molecule has 3 nitrogen and oxygen atoms in total. The molecule has 5 heteroatoms. The summed E-state index contributed by atoms with van der Waals surface area (Å²) in [6.45, 7) is 1.81. The highest BCUT2D eigenvalue weighted by atomic mass is 32.2. The van der Waals surface area contributed by atoms with Crippen LogP contribution in [0.15, 0.2) is 45.2 Å². The number of nitrogens with two attached hydrogens (primary N) is 1. The lowest BCUT2D eigenvalue weighted by Crippen LogP contribution is -2.07. The average molecular weight is 238 g/mol. The van der Waals surface area contributed by atoms with E-state index in [0.717, 1.165) is 17.3 Å². The molecule has 2 rings (SSSR count). The van der Waals surface area contributed by atoms with Gasteiger partial charge >= 0.3 is 0 Å². The highest BCUT2D eigenvalue weighted by Crippen LogP contribution is 2.33. The fraction of sp³-hybridized carbons (Fsp3) is 0.182. The van der Waals surface area contributed by atoms with Gasteiger partial charge in [0, 0.05) is 6.04 Å². The molecule has 0 saturated carbocycles. The Balaban J connectivity index is 2.38. The molecule has 0 aliphatic carbocycles. The number of rotatable bonds is 3. The highest BCUT2D eigenvalue weighted by molar-refractivity contribution is 7.99. The van der Waals surface area contributed by atoms with E-state index in [9.17, 15) is 4.39 Å². The van der Waals surface area contributed by atoms with Gasteiger partial charge < -0.3 is 10.2 Å². The predicted molar refractivity (Wildman–Crippen MR) is 59.6 cm³/mol. The van der Waals surface area contributed by atoms with Gasteiger partial charge in [-0.05, 0) is 30.3 Å². The normalized spacial score (nSPS) is 12.7. The van der Waals surface area contributed by atoms with Gasteiger partial charge in [-0.2, -0.15) is 0 Å². The first kappa shape index (κ1) is 11.2. The van der Waals surface area contributed by atoms with Gasteiger partial charge in [0.25, 0.3) is 5.22 Å². The summed E-state index contributed by atoms with van der Waals surface area (Å²) in [5, 5.41) is 0.409. The van der Waals surface area contributed by atoms with Crippen LogP contribution in [-0.2, 0) is 0 Å². The zero-order chi connectivity index (χ0) is 11.5. The van der Waals surface area contributed by atoms with Crippen LogP contribution < -0.4 is 5.73 Å². The molecule has 0 spiro atoms. The van der Waals surface area contributed by atoms with Gasteiger partial charge in [0.1, 0.15) is 12.1 Å². The molecular formula is C11H11FN2OS. The molecule has 0 amide bonds. The minimum atomic E-state index is -0.307. The molecule has 0 saturated heterocycles. The number of hydrogen-bond acceptors (Lipinski definition) is 4. The third-order valence-corrected chi connectivity index (χ3v) is 3.10. The maximum atomic E-state index is 13.7. The van der Waals surface area contributed by atoms with Crippen molar-refractivity contribution in [1.82, 2.24) is 4.98 Å². The van der Waals surface area contributed by atoms with Crippen molar-refractivity contribution in [2.45, 2.75) is 23.1 Å². The number of halogens is 1. The van der Waals surface area contributed by atoms with Crippen molar-refractivity contribution in [1.29, 1.82) is 0 Å². The average Bonchev–Trinajstić information content (AvgIpc) is 2.73. The molecule has 0 bridgehead atoms. The van der Waals surface area contributed by atoms with Crippen LogP contribution in [0, 0.1) is 5.82 Å². The van der Waals surface area contributed by atoms with Crippen LogP contribution in [0.25, 0.3) is 0 Å². The van der Waals surface area contributed by atoms with Crippen LogP contribution in [0.1, 0.15) is 18.5 Å². The molecule has 1 atom stereocenters. The van der Waals surface area contributed by atoms with E-state index in [-0.39, 0.29) is 11.9 Å². The number of hydrogen-bond donors (Lipinski definition) is 1. The van der Waals surface area contributed by atoms with Crippen molar-refractivity contribution in [3.05, 3.63) is 42.0 Å². The molecule has 2 N–H and O–H groups in total. The Morgan fingerprint density at radius 2 is 2.31 bits per heavy atom. The Kier molecular flexibility index (Phi) is 3.26. The maximum Gasteiger partial charge on any atom is 0.260 e. The molecular weight excluding hydrogens is 227 g/mol. The Bertz CT molecular complexity index is 471. The standard InChI is InChI=1S/C11H11FN2OS/c1-7(13)8-3-2-4-9(12)10(8)16-11-14-5-6-15-11/h2-7H,13H2,1H3/t7-/m0/s1. The highest BCUT2D eigenvalue weighted by Gasteiger charge is 2.14. The molecule has 1 aromatic carbocycles. The Labute approximate surface area is 96.9 Å². The van der Waals surface area contributed by atoms with E-state index in [4.69, 9.17) is 10.2 Å². The van der Waals surface area contributed by atoms with Crippen molar-refractivity contribution in [2.75, 3.05) is 0 Å². The zero-order valence-electron chi connectivity index (χ0n) is 8.68. The molecule has 1 heterocycles. The van der Waals surface area contributed by atoms with Gasteiger partial charge in [-0.15, -0.1) is 0 Å². The Morgan fingerprint density at radius 3 is 2.94 bits per heavy atom. The number of aromatic nitrogens is 1. The molecule has 16 heavy (non-hydrogen) atoms. The lowest BCUT2D eigenvalue weighted by molar-refractivity contribution is 0.453. The summed E-state index contributed by atoms with van der Waals surface area (Å²) >= 11 is 1.14. The van der Waals surface area contributed by atoms with Crippen LogP contribution in [-0.4, -0.2) is 4.98 Å². The summed E-state index contributed by atoms with van der Waals surface area (Å²) in [6, 6.07) is 4.62. The third kappa shape index (κ3) is 2.25. The third-order valence-electron chi connectivity index (χ3n) is 2.09. The number of benzene rings is 1. The summed E-state index contributed by atoms with van der Waals surface area (Å²) in [6.07, 6.45) is 2.98. The molecule has 2 aromatic rings. The summed E-state index contributed by atoms with van der Waals surface area (Å²) in [5.41, 5.74) is 6.53. The van der Waals surface area contributed by atoms with E-state index in [2.05, 4.69) is 4.98 Å². The second-order valence-electron chi connectivity index (χ2n) is 3.35. The Morgan fingerprint density at radius 1 is 1.50 bits per heavy atom. The first-order chi connectivity index (χ1) is 7.68. The van der Waals surface area contributed by atoms with Gasteiger partial charge in [0.15, 0.2) is 0 Å². The Hall–Kier alpha value is -1.33. The van der Waals surface area contributed by atoms with E-state index in [0.29, 0.717) is 10.1 Å².